The number of thioether (sulfide) groups is 1. The first-order valence-corrected chi connectivity index (χ1v) is 8.85. The summed E-state index contributed by atoms with van der Waals surface area (Å²) in [5, 5.41) is 15.8. The number of aliphatic hydroxyl groups is 1. The molecule has 0 fully saturated rings. The van der Waals surface area contributed by atoms with Gasteiger partial charge in [0.05, 0.1) is 6.10 Å². The summed E-state index contributed by atoms with van der Waals surface area (Å²) in [5.41, 5.74) is 0.643. The van der Waals surface area contributed by atoms with E-state index in [9.17, 15) is 14.3 Å². The third kappa shape index (κ3) is 6.66. The van der Waals surface area contributed by atoms with Gasteiger partial charge in [0.2, 0.25) is 0 Å². The largest absolute Gasteiger partial charge is 0.388 e. The van der Waals surface area contributed by atoms with Gasteiger partial charge in [0.15, 0.2) is 0 Å². The summed E-state index contributed by atoms with van der Waals surface area (Å²) in [7, 11) is 0. The third-order valence-corrected chi connectivity index (χ3v) is 4.14. The van der Waals surface area contributed by atoms with Crippen LogP contribution in [0, 0.1) is 5.82 Å². The number of aliphatic hydroxyl groups excluding tert-OH is 1. The summed E-state index contributed by atoms with van der Waals surface area (Å²) in [6.07, 6.45) is 2.52. The first kappa shape index (κ1) is 18.8. The van der Waals surface area contributed by atoms with Crippen LogP contribution in [0.25, 0.3) is 0 Å². The summed E-state index contributed by atoms with van der Waals surface area (Å²) in [5.74, 6) is 0.539. The van der Waals surface area contributed by atoms with E-state index in [1.165, 1.54) is 12.1 Å². The molecule has 22 heavy (non-hydrogen) atoms. The molecule has 0 aliphatic rings. The molecule has 1 rings (SSSR count). The Balaban J connectivity index is 2.42. The molecular weight excluding hydrogens is 303 g/mol. The Hall–Kier alpha value is -1.27. The highest BCUT2D eigenvalue weighted by Crippen LogP contribution is 2.18. The van der Waals surface area contributed by atoms with Crippen molar-refractivity contribution < 1.29 is 14.3 Å². The summed E-state index contributed by atoms with van der Waals surface area (Å²) >= 11 is 1.69. The number of rotatable bonds is 8. The van der Waals surface area contributed by atoms with E-state index in [2.05, 4.69) is 10.6 Å². The maximum absolute atomic E-state index is 12.9. The molecule has 1 aromatic rings. The van der Waals surface area contributed by atoms with E-state index >= 15 is 0 Å². The zero-order valence-corrected chi connectivity index (χ0v) is 14.1. The van der Waals surface area contributed by atoms with Gasteiger partial charge in [-0.1, -0.05) is 19.1 Å². The molecule has 0 spiro atoms. The Kier molecular flexibility index (Phi) is 8.27. The number of carbonyl (C=O) groups is 1. The van der Waals surface area contributed by atoms with Crippen LogP contribution in [0.15, 0.2) is 24.3 Å². The predicted octanol–water partition coefficient (Wildman–Crippen LogP) is 3.08. The van der Waals surface area contributed by atoms with E-state index in [-0.39, 0.29) is 23.9 Å². The Morgan fingerprint density at radius 3 is 2.50 bits per heavy atom. The van der Waals surface area contributed by atoms with E-state index in [1.54, 1.807) is 23.9 Å². The average molecular weight is 328 g/mol. The molecule has 124 valence electrons. The maximum atomic E-state index is 12.9. The first-order chi connectivity index (χ1) is 10.5. The lowest BCUT2D eigenvalue weighted by molar-refractivity contribution is 0.154. The zero-order valence-electron chi connectivity index (χ0n) is 13.3. The molecule has 3 atom stereocenters. The molecular formula is C16H25FN2O2S. The van der Waals surface area contributed by atoms with Crippen LogP contribution < -0.4 is 10.6 Å². The summed E-state index contributed by atoms with van der Waals surface area (Å²) in [6.45, 7) is 3.87. The van der Waals surface area contributed by atoms with E-state index in [0.29, 0.717) is 12.0 Å². The van der Waals surface area contributed by atoms with E-state index in [1.807, 2.05) is 20.1 Å². The molecule has 0 aromatic heterocycles. The van der Waals surface area contributed by atoms with E-state index < -0.39 is 6.10 Å². The second-order valence-electron chi connectivity index (χ2n) is 5.38. The van der Waals surface area contributed by atoms with Crippen molar-refractivity contribution in [2.75, 3.05) is 12.0 Å². The number of halogens is 1. The zero-order chi connectivity index (χ0) is 16.5. The molecule has 2 amide bonds. The fourth-order valence-corrected chi connectivity index (χ4v) is 2.85. The van der Waals surface area contributed by atoms with Gasteiger partial charge < -0.3 is 15.7 Å². The second kappa shape index (κ2) is 9.69. The van der Waals surface area contributed by atoms with Crippen LogP contribution in [0.2, 0.25) is 0 Å². The number of benzene rings is 1. The van der Waals surface area contributed by atoms with Gasteiger partial charge in [-0.15, -0.1) is 0 Å². The van der Waals surface area contributed by atoms with Crippen molar-refractivity contribution in [2.45, 2.75) is 44.9 Å². The number of hydrogen-bond acceptors (Lipinski definition) is 3. The van der Waals surface area contributed by atoms with Crippen molar-refractivity contribution in [3.05, 3.63) is 35.6 Å². The SMILES string of the molecule is CCC(CSC)NC(=O)NC(C)CC(O)c1ccc(F)cc1. The van der Waals surface area contributed by atoms with Crippen molar-refractivity contribution in [1.29, 1.82) is 0 Å². The minimum absolute atomic E-state index is 0.143. The monoisotopic (exact) mass is 328 g/mol. The highest BCUT2D eigenvalue weighted by molar-refractivity contribution is 7.98. The molecule has 0 bridgehead atoms. The summed E-state index contributed by atoms with van der Waals surface area (Å²) in [4.78, 5) is 11.9. The predicted molar refractivity (Wildman–Crippen MR) is 89.6 cm³/mol. The van der Waals surface area contributed by atoms with Gasteiger partial charge in [-0.3, -0.25) is 0 Å². The minimum atomic E-state index is -0.732. The van der Waals surface area contributed by atoms with Gasteiger partial charge >= 0.3 is 6.03 Å². The highest BCUT2D eigenvalue weighted by atomic mass is 32.2. The molecule has 0 saturated heterocycles. The number of carbonyl (C=O) groups excluding carboxylic acids is 1. The van der Waals surface area contributed by atoms with E-state index in [0.717, 1.165) is 12.2 Å². The van der Waals surface area contributed by atoms with Gasteiger partial charge in [-0.05, 0) is 43.7 Å². The lowest BCUT2D eigenvalue weighted by Gasteiger charge is -2.21. The van der Waals surface area contributed by atoms with Crippen LogP contribution in [0.1, 0.15) is 38.4 Å². The standard InChI is InChI=1S/C16H25FN2O2S/c1-4-14(10-22-3)19-16(21)18-11(2)9-15(20)12-5-7-13(17)8-6-12/h5-8,11,14-15,20H,4,9-10H2,1-3H3,(H2,18,19,21). The number of hydrogen-bond donors (Lipinski definition) is 3. The van der Waals surface area contributed by atoms with E-state index in [4.69, 9.17) is 0 Å². The Bertz CT molecular complexity index is 456. The summed E-state index contributed by atoms with van der Waals surface area (Å²) < 4.78 is 12.9. The van der Waals surface area contributed by atoms with Crippen LogP contribution in [0.3, 0.4) is 0 Å². The quantitative estimate of drug-likeness (QED) is 0.687. The molecule has 0 heterocycles. The van der Waals surface area contributed by atoms with Crippen molar-refractivity contribution in [3.63, 3.8) is 0 Å². The topological polar surface area (TPSA) is 61.4 Å². The lowest BCUT2D eigenvalue weighted by atomic mass is 10.0. The first-order valence-electron chi connectivity index (χ1n) is 7.45. The van der Waals surface area contributed by atoms with Crippen molar-refractivity contribution in [3.8, 4) is 0 Å². The fraction of sp³-hybridized carbons (Fsp3) is 0.562. The Morgan fingerprint density at radius 1 is 1.32 bits per heavy atom. The molecule has 6 heteroatoms. The highest BCUT2D eigenvalue weighted by Gasteiger charge is 2.16. The molecule has 0 aliphatic carbocycles. The van der Waals surface area contributed by atoms with Crippen molar-refractivity contribution in [1.82, 2.24) is 10.6 Å². The summed E-state index contributed by atoms with van der Waals surface area (Å²) in [6, 6.07) is 5.47. The molecule has 3 unspecified atom stereocenters. The van der Waals surface area contributed by atoms with Crippen molar-refractivity contribution in [2.24, 2.45) is 0 Å². The van der Waals surface area contributed by atoms with Crippen LogP contribution in [-0.2, 0) is 0 Å². The Labute approximate surface area is 135 Å². The molecule has 1 aromatic carbocycles. The number of urea groups is 1. The number of amides is 2. The normalized spacial score (nSPS) is 15.0. The van der Waals surface area contributed by atoms with Crippen LogP contribution in [-0.4, -0.2) is 35.2 Å². The van der Waals surface area contributed by atoms with Gasteiger partial charge in [0.1, 0.15) is 5.82 Å². The number of nitrogens with one attached hydrogen (secondary N) is 2. The average Bonchev–Trinajstić information content (AvgIpc) is 2.47. The minimum Gasteiger partial charge on any atom is -0.388 e. The fourth-order valence-electron chi connectivity index (χ4n) is 2.13. The molecule has 0 aliphatic heterocycles. The molecule has 0 saturated carbocycles. The molecule has 0 radical (unpaired) electrons. The van der Waals surface area contributed by atoms with Crippen LogP contribution >= 0.6 is 11.8 Å². The van der Waals surface area contributed by atoms with Gasteiger partial charge in [-0.25, -0.2) is 9.18 Å². The van der Waals surface area contributed by atoms with Crippen molar-refractivity contribution >= 4 is 17.8 Å². The van der Waals surface area contributed by atoms with Crippen LogP contribution in [0.5, 0.6) is 0 Å². The van der Waals surface area contributed by atoms with Crippen LogP contribution in [0.4, 0.5) is 9.18 Å². The molecule has 4 nitrogen and oxygen atoms in total. The third-order valence-electron chi connectivity index (χ3n) is 3.40. The Morgan fingerprint density at radius 2 is 1.95 bits per heavy atom. The van der Waals surface area contributed by atoms with Gasteiger partial charge in [0.25, 0.3) is 0 Å². The molecule has 3 N–H and O–H groups in total. The smallest absolute Gasteiger partial charge is 0.315 e. The maximum Gasteiger partial charge on any atom is 0.315 e. The van der Waals surface area contributed by atoms with Gasteiger partial charge in [0, 0.05) is 17.8 Å². The van der Waals surface area contributed by atoms with Gasteiger partial charge in [-0.2, -0.15) is 11.8 Å². The lowest BCUT2D eigenvalue weighted by Crippen LogP contribution is -2.46. The second-order valence-corrected chi connectivity index (χ2v) is 6.29.